The molecule has 3 aromatic rings. The molecule has 0 aliphatic heterocycles. The number of benzene rings is 1. The molecule has 7 heteroatoms. The topological polar surface area (TPSA) is 91.7 Å². The molecule has 1 aromatic carbocycles. The average molecular weight is 270 g/mol. The van der Waals surface area contributed by atoms with Crippen molar-refractivity contribution in [3.8, 4) is 16.9 Å². The quantitative estimate of drug-likeness (QED) is 0.645. The van der Waals surface area contributed by atoms with Gasteiger partial charge in [-0.2, -0.15) is 10.2 Å². The Morgan fingerprint density at radius 1 is 1.25 bits per heavy atom. The minimum absolute atomic E-state index is 0.0321. The molecule has 0 aliphatic carbocycles. The Labute approximate surface area is 115 Å². The number of aromatic amines is 1. The highest BCUT2D eigenvalue weighted by Gasteiger charge is 2.16. The first-order chi connectivity index (χ1) is 9.90. The van der Waals surface area contributed by atoms with Gasteiger partial charge >= 0.3 is 0 Å². The molecule has 0 aliphatic rings. The first-order valence-electron chi connectivity index (χ1n) is 6.23. The molecular weight excluding hydrogens is 256 g/mol. The first kappa shape index (κ1) is 12.4. The van der Waals surface area contributed by atoms with E-state index in [1.165, 1.54) is 6.33 Å². The van der Waals surface area contributed by atoms with Gasteiger partial charge in [-0.1, -0.05) is 30.3 Å². The zero-order chi connectivity index (χ0) is 13.8. The Bertz CT molecular complexity index is 661. The van der Waals surface area contributed by atoms with Gasteiger partial charge < -0.3 is 10.4 Å². The highest BCUT2D eigenvalue weighted by atomic mass is 16.3. The van der Waals surface area contributed by atoms with Gasteiger partial charge in [0.15, 0.2) is 5.82 Å². The SMILES string of the molecule is OCCNc1n[nH]c(-c2ccccc2)c1-n1cncn1. The molecule has 0 saturated carbocycles. The van der Waals surface area contributed by atoms with Gasteiger partial charge in [-0.15, -0.1) is 0 Å². The second-order valence-electron chi connectivity index (χ2n) is 4.15. The summed E-state index contributed by atoms with van der Waals surface area (Å²) in [7, 11) is 0. The molecule has 3 rings (SSSR count). The summed E-state index contributed by atoms with van der Waals surface area (Å²) in [5.41, 5.74) is 2.63. The van der Waals surface area contributed by atoms with E-state index in [1.54, 1.807) is 11.0 Å². The van der Waals surface area contributed by atoms with Crippen molar-refractivity contribution < 1.29 is 5.11 Å². The third-order valence-corrected chi connectivity index (χ3v) is 2.86. The van der Waals surface area contributed by atoms with E-state index in [9.17, 15) is 0 Å². The number of hydrogen-bond acceptors (Lipinski definition) is 5. The predicted octanol–water partition coefficient (Wildman–Crippen LogP) is 1.06. The summed E-state index contributed by atoms with van der Waals surface area (Å²) in [5, 5.41) is 23.4. The van der Waals surface area contributed by atoms with Crippen LogP contribution in [-0.2, 0) is 0 Å². The fraction of sp³-hybridized carbons (Fsp3) is 0.154. The van der Waals surface area contributed by atoms with Gasteiger partial charge in [0, 0.05) is 12.1 Å². The van der Waals surface area contributed by atoms with Crippen LogP contribution in [0.1, 0.15) is 0 Å². The minimum atomic E-state index is 0.0321. The van der Waals surface area contributed by atoms with E-state index in [0.717, 1.165) is 16.9 Å². The van der Waals surface area contributed by atoms with Crippen LogP contribution < -0.4 is 5.32 Å². The van der Waals surface area contributed by atoms with Crippen LogP contribution in [0, 0.1) is 0 Å². The van der Waals surface area contributed by atoms with E-state index in [1.807, 2.05) is 30.3 Å². The molecule has 102 valence electrons. The zero-order valence-corrected chi connectivity index (χ0v) is 10.7. The number of aliphatic hydroxyl groups is 1. The third kappa shape index (κ3) is 2.26. The normalized spacial score (nSPS) is 10.7. The molecule has 0 bridgehead atoms. The lowest BCUT2D eigenvalue weighted by molar-refractivity contribution is 0.311. The molecular formula is C13H14N6O. The van der Waals surface area contributed by atoms with E-state index in [-0.39, 0.29) is 6.61 Å². The Kier molecular flexibility index (Phi) is 3.42. The lowest BCUT2D eigenvalue weighted by Gasteiger charge is -2.06. The highest BCUT2D eigenvalue weighted by molar-refractivity contribution is 5.76. The van der Waals surface area contributed by atoms with Crippen LogP contribution in [0.15, 0.2) is 43.0 Å². The molecule has 0 unspecified atom stereocenters. The van der Waals surface area contributed by atoms with E-state index in [2.05, 4.69) is 25.6 Å². The summed E-state index contributed by atoms with van der Waals surface area (Å²) in [6.45, 7) is 0.450. The molecule has 0 radical (unpaired) electrons. The van der Waals surface area contributed by atoms with Gasteiger partial charge in [0.2, 0.25) is 0 Å². The number of aliphatic hydroxyl groups excluding tert-OH is 1. The van der Waals surface area contributed by atoms with Crippen molar-refractivity contribution in [1.82, 2.24) is 25.0 Å². The van der Waals surface area contributed by atoms with Gasteiger partial charge in [0.1, 0.15) is 18.3 Å². The minimum Gasteiger partial charge on any atom is -0.395 e. The molecule has 7 nitrogen and oxygen atoms in total. The fourth-order valence-corrected chi connectivity index (χ4v) is 1.99. The smallest absolute Gasteiger partial charge is 0.174 e. The molecule has 2 heterocycles. The maximum atomic E-state index is 8.94. The summed E-state index contributed by atoms with van der Waals surface area (Å²) in [4.78, 5) is 3.97. The summed E-state index contributed by atoms with van der Waals surface area (Å²) in [6.07, 6.45) is 3.08. The third-order valence-electron chi connectivity index (χ3n) is 2.86. The molecule has 2 aromatic heterocycles. The Hall–Kier alpha value is -2.67. The summed E-state index contributed by atoms with van der Waals surface area (Å²) < 4.78 is 1.64. The predicted molar refractivity (Wildman–Crippen MR) is 74.5 cm³/mol. The van der Waals surface area contributed by atoms with Crippen molar-refractivity contribution in [1.29, 1.82) is 0 Å². The summed E-state index contributed by atoms with van der Waals surface area (Å²) in [6, 6.07) is 9.86. The molecule has 0 saturated heterocycles. The number of H-pyrrole nitrogens is 1. The molecule has 3 N–H and O–H groups in total. The van der Waals surface area contributed by atoms with Gasteiger partial charge in [0.25, 0.3) is 0 Å². The van der Waals surface area contributed by atoms with Gasteiger partial charge in [-0.05, 0) is 0 Å². The second-order valence-corrected chi connectivity index (χ2v) is 4.15. The monoisotopic (exact) mass is 270 g/mol. The Morgan fingerprint density at radius 2 is 2.10 bits per heavy atom. The summed E-state index contributed by atoms with van der Waals surface area (Å²) in [5.74, 6) is 0.628. The zero-order valence-electron chi connectivity index (χ0n) is 10.7. The van der Waals surface area contributed by atoms with Crippen LogP contribution in [0.5, 0.6) is 0 Å². The Balaban J connectivity index is 2.09. The number of hydrogen-bond donors (Lipinski definition) is 3. The average Bonchev–Trinajstić information content (AvgIpc) is 3.14. The van der Waals surface area contributed by atoms with Crippen LogP contribution in [0.25, 0.3) is 16.9 Å². The standard InChI is InChI=1S/C13H14N6O/c20-7-6-15-13-12(19-9-14-8-16-19)11(17-18-13)10-4-2-1-3-5-10/h1-5,8-9,20H,6-7H2,(H2,15,17,18). The van der Waals surface area contributed by atoms with Crippen LogP contribution in [-0.4, -0.2) is 43.2 Å². The van der Waals surface area contributed by atoms with Gasteiger partial charge in [0.05, 0.1) is 12.3 Å². The Morgan fingerprint density at radius 3 is 2.80 bits per heavy atom. The maximum Gasteiger partial charge on any atom is 0.174 e. The van der Waals surface area contributed by atoms with Crippen molar-refractivity contribution in [2.24, 2.45) is 0 Å². The van der Waals surface area contributed by atoms with Gasteiger partial charge in [-0.25, -0.2) is 9.67 Å². The van der Waals surface area contributed by atoms with E-state index in [4.69, 9.17) is 5.11 Å². The number of nitrogens with zero attached hydrogens (tertiary/aromatic N) is 4. The molecule has 20 heavy (non-hydrogen) atoms. The van der Waals surface area contributed by atoms with E-state index >= 15 is 0 Å². The molecule has 0 fully saturated rings. The van der Waals surface area contributed by atoms with Crippen LogP contribution >= 0.6 is 0 Å². The highest BCUT2D eigenvalue weighted by Crippen LogP contribution is 2.29. The number of aromatic nitrogens is 5. The molecule has 0 atom stereocenters. The van der Waals surface area contributed by atoms with Crippen LogP contribution in [0.2, 0.25) is 0 Å². The lowest BCUT2D eigenvalue weighted by atomic mass is 10.1. The van der Waals surface area contributed by atoms with Crippen molar-refractivity contribution in [2.45, 2.75) is 0 Å². The molecule has 0 spiro atoms. The lowest BCUT2D eigenvalue weighted by Crippen LogP contribution is -2.08. The van der Waals surface area contributed by atoms with Crippen molar-refractivity contribution >= 4 is 5.82 Å². The van der Waals surface area contributed by atoms with Crippen molar-refractivity contribution in [3.05, 3.63) is 43.0 Å². The van der Waals surface area contributed by atoms with E-state index in [0.29, 0.717) is 12.4 Å². The first-order valence-corrected chi connectivity index (χ1v) is 6.23. The van der Waals surface area contributed by atoms with Crippen LogP contribution in [0.4, 0.5) is 5.82 Å². The number of rotatable bonds is 5. The number of anilines is 1. The second kappa shape index (κ2) is 5.54. The fourth-order valence-electron chi connectivity index (χ4n) is 1.99. The molecule has 0 amide bonds. The summed E-state index contributed by atoms with van der Waals surface area (Å²) >= 11 is 0. The largest absolute Gasteiger partial charge is 0.395 e. The van der Waals surface area contributed by atoms with E-state index < -0.39 is 0 Å². The maximum absolute atomic E-state index is 8.94. The van der Waals surface area contributed by atoms with Crippen LogP contribution in [0.3, 0.4) is 0 Å². The van der Waals surface area contributed by atoms with Crippen molar-refractivity contribution in [3.63, 3.8) is 0 Å². The number of nitrogens with one attached hydrogen (secondary N) is 2. The van der Waals surface area contributed by atoms with Gasteiger partial charge in [-0.3, -0.25) is 5.10 Å². The van der Waals surface area contributed by atoms with Crippen molar-refractivity contribution in [2.75, 3.05) is 18.5 Å².